The lowest BCUT2D eigenvalue weighted by Crippen LogP contribution is -2.23. The fourth-order valence-corrected chi connectivity index (χ4v) is 1.14. The summed E-state index contributed by atoms with van der Waals surface area (Å²) in [5, 5.41) is 39.2. The van der Waals surface area contributed by atoms with Crippen molar-refractivity contribution in [3.8, 4) is 0 Å². The Bertz CT molecular complexity index is 497. The van der Waals surface area contributed by atoms with Crippen LogP contribution in [-0.4, -0.2) is 30.6 Å². The maximum absolute atomic E-state index is 10.5. The molecule has 0 atom stereocenters. The summed E-state index contributed by atoms with van der Waals surface area (Å²) in [6.07, 6.45) is -0.754. The molecule has 0 aromatic rings. The summed E-state index contributed by atoms with van der Waals surface area (Å²) >= 11 is 0. The molecule has 0 unspecified atom stereocenters. The van der Waals surface area contributed by atoms with E-state index in [9.17, 15) is 20.2 Å². The topological polar surface area (TPSA) is 163 Å². The van der Waals surface area contributed by atoms with Gasteiger partial charge >= 0.3 is 17.1 Å². The molecule has 0 radical (unpaired) electrons. The van der Waals surface area contributed by atoms with E-state index in [2.05, 4.69) is 4.79 Å². The van der Waals surface area contributed by atoms with Gasteiger partial charge in [0.05, 0.1) is 9.85 Å². The van der Waals surface area contributed by atoms with E-state index >= 15 is 0 Å². The number of allylic oxidation sites excluding steroid dienone is 2. The van der Waals surface area contributed by atoms with Gasteiger partial charge < -0.3 is 15.7 Å². The molecule has 0 aromatic carbocycles. The molecule has 0 heterocycles. The lowest BCUT2D eigenvalue weighted by Gasteiger charge is -2.05. The second-order valence-electron chi connectivity index (χ2n) is 2.73. The van der Waals surface area contributed by atoms with E-state index < -0.39 is 44.9 Å². The second kappa shape index (κ2) is 3.79. The average molecular weight is 228 g/mol. The van der Waals surface area contributed by atoms with Gasteiger partial charge in [0.15, 0.2) is 6.42 Å². The number of rotatable bonds is 2. The van der Waals surface area contributed by atoms with Gasteiger partial charge in [-0.25, -0.2) is 0 Å². The van der Waals surface area contributed by atoms with Crippen LogP contribution in [0.4, 0.5) is 0 Å². The molecule has 0 aliphatic heterocycles. The van der Waals surface area contributed by atoms with Crippen LogP contribution in [0.3, 0.4) is 0 Å². The van der Waals surface area contributed by atoms with Crippen LogP contribution in [0, 0.1) is 20.2 Å². The van der Waals surface area contributed by atoms with Gasteiger partial charge in [0.1, 0.15) is 0 Å². The average Bonchev–Trinajstić information content (AvgIpc) is 2.20. The summed E-state index contributed by atoms with van der Waals surface area (Å²) < 4.78 is 0. The van der Waals surface area contributed by atoms with E-state index in [-0.39, 0.29) is 0 Å². The molecule has 10 heteroatoms. The zero-order chi connectivity index (χ0) is 12.5. The maximum atomic E-state index is 10.5. The Hall–Kier alpha value is -2.74. The van der Waals surface area contributed by atoms with E-state index in [1.54, 1.807) is 0 Å². The van der Waals surface area contributed by atoms with Gasteiger partial charge in [-0.1, -0.05) is 0 Å². The van der Waals surface area contributed by atoms with Gasteiger partial charge in [-0.15, -0.1) is 0 Å². The molecular weight excluding hydrogens is 224 g/mol. The second-order valence-corrected chi connectivity index (χ2v) is 2.73. The van der Waals surface area contributed by atoms with Gasteiger partial charge in [-0.2, -0.15) is 4.79 Å². The van der Waals surface area contributed by atoms with Crippen molar-refractivity contribution in [1.29, 1.82) is 0 Å². The molecule has 0 fully saturated rings. The molecule has 1 rings (SSSR count). The number of aliphatic hydroxyl groups is 2. The number of nitrogens with zero attached hydrogens (tertiary/aromatic N) is 4. The van der Waals surface area contributed by atoms with Gasteiger partial charge in [-0.05, 0) is 0 Å². The van der Waals surface area contributed by atoms with Crippen LogP contribution < -0.4 is 0 Å². The summed E-state index contributed by atoms with van der Waals surface area (Å²) in [5.41, 5.74) is 5.58. The molecule has 84 valence electrons. The molecule has 0 saturated heterocycles. The van der Waals surface area contributed by atoms with Gasteiger partial charge in [0.2, 0.25) is 0 Å². The zero-order valence-corrected chi connectivity index (χ0v) is 7.52. The minimum atomic E-state index is -1.30. The van der Waals surface area contributed by atoms with Crippen LogP contribution in [0.15, 0.2) is 22.9 Å². The maximum Gasteiger partial charge on any atom is 0.387 e. The Balaban J connectivity index is 3.54. The molecule has 16 heavy (non-hydrogen) atoms. The third-order valence-electron chi connectivity index (χ3n) is 1.85. The summed E-state index contributed by atoms with van der Waals surface area (Å²) in [7, 11) is 0. The number of aliphatic hydroxyl groups excluding tert-OH is 2. The van der Waals surface area contributed by atoms with Crippen molar-refractivity contribution in [3.05, 3.63) is 48.7 Å². The fraction of sp³-hybridized carbons (Fsp3) is 0.167. The minimum absolute atomic E-state index is 0.616. The van der Waals surface area contributed by atoms with E-state index in [4.69, 9.17) is 15.7 Å². The Morgan fingerprint density at radius 2 is 1.75 bits per heavy atom. The highest BCUT2D eigenvalue weighted by atomic mass is 16.6. The first-order chi connectivity index (χ1) is 7.40. The molecule has 10 nitrogen and oxygen atoms in total. The van der Waals surface area contributed by atoms with Crippen LogP contribution in [0.25, 0.3) is 5.53 Å². The molecular formula is C6H4N4O6. The first-order valence-electron chi connectivity index (χ1n) is 3.76. The molecule has 0 spiro atoms. The Morgan fingerprint density at radius 1 is 1.19 bits per heavy atom. The SMILES string of the molecule is [N-]=[N+]=C1CC([N+](=O)[O-])=C([N+](=O)[O-])C(O)=C1O. The van der Waals surface area contributed by atoms with Crippen LogP contribution in [0.2, 0.25) is 0 Å². The van der Waals surface area contributed by atoms with Gasteiger partial charge in [0.25, 0.3) is 11.5 Å². The first kappa shape index (κ1) is 11.3. The Labute approximate surface area is 86.7 Å². The monoisotopic (exact) mass is 228 g/mol. The van der Waals surface area contributed by atoms with Gasteiger partial charge in [0, 0.05) is 0 Å². The quantitative estimate of drug-likeness (QED) is 0.295. The van der Waals surface area contributed by atoms with Crippen molar-refractivity contribution in [2.75, 3.05) is 0 Å². The van der Waals surface area contributed by atoms with E-state index in [1.165, 1.54) is 0 Å². The van der Waals surface area contributed by atoms with Gasteiger partial charge in [-0.3, -0.25) is 20.2 Å². The van der Waals surface area contributed by atoms with Crippen LogP contribution in [-0.2, 0) is 0 Å². The molecule has 2 N–H and O–H groups in total. The normalized spacial score (nSPS) is 16.1. The van der Waals surface area contributed by atoms with Crippen molar-refractivity contribution >= 4 is 5.71 Å². The fourth-order valence-electron chi connectivity index (χ4n) is 1.14. The summed E-state index contributed by atoms with van der Waals surface area (Å²) in [4.78, 5) is 21.1. The summed E-state index contributed by atoms with van der Waals surface area (Å²) in [6, 6.07) is 0. The first-order valence-corrected chi connectivity index (χ1v) is 3.76. The summed E-state index contributed by atoms with van der Waals surface area (Å²) in [6.45, 7) is 0. The minimum Gasteiger partial charge on any atom is -0.499 e. The van der Waals surface area contributed by atoms with Crippen LogP contribution in [0.5, 0.6) is 0 Å². The number of hydrogen-bond donors (Lipinski definition) is 2. The van der Waals surface area contributed by atoms with Crippen molar-refractivity contribution in [1.82, 2.24) is 0 Å². The standard InChI is InChI=1S/C6H4N4O6/c7-8-2-1-3(9(13)14)4(10(15)16)6(12)5(2)11/h11-12H,1H2. The number of nitro groups is 2. The molecule has 1 aliphatic rings. The lowest BCUT2D eigenvalue weighted by molar-refractivity contribution is -0.472. The van der Waals surface area contributed by atoms with Crippen molar-refractivity contribution < 1.29 is 24.8 Å². The van der Waals surface area contributed by atoms with Crippen molar-refractivity contribution in [2.45, 2.75) is 6.42 Å². The van der Waals surface area contributed by atoms with E-state index in [0.717, 1.165) is 0 Å². The summed E-state index contributed by atoms with van der Waals surface area (Å²) in [5.74, 6) is -2.35. The Morgan fingerprint density at radius 3 is 2.12 bits per heavy atom. The van der Waals surface area contributed by atoms with Crippen LogP contribution >= 0.6 is 0 Å². The molecule has 0 amide bonds. The molecule has 0 saturated carbocycles. The van der Waals surface area contributed by atoms with Crippen molar-refractivity contribution in [2.24, 2.45) is 0 Å². The highest BCUT2D eigenvalue weighted by Crippen LogP contribution is 2.26. The van der Waals surface area contributed by atoms with E-state index in [1.807, 2.05) is 0 Å². The molecule has 1 aliphatic carbocycles. The highest BCUT2D eigenvalue weighted by Gasteiger charge is 2.45. The number of hydrogen-bond acceptors (Lipinski definition) is 6. The third kappa shape index (κ3) is 1.60. The highest BCUT2D eigenvalue weighted by molar-refractivity contribution is 5.97. The Kier molecular flexibility index (Phi) is 2.68. The third-order valence-corrected chi connectivity index (χ3v) is 1.85. The smallest absolute Gasteiger partial charge is 0.387 e. The predicted molar refractivity (Wildman–Crippen MR) is 46.5 cm³/mol. The van der Waals surface area contributed by atoms with Crippen LogP contribution in [0.1, 0.15) is 6.42 Å². The largest absolute Gasteiger partial charge is 0.499 e. The van der Waals surface area contributed by atoms with Crippen molar-refractivity contribution in [3.63, 3.8) is 0 Å². The lowest BCUT2D eigenvalue weighted by atomic mass is 10.0. The molecule has 0 bridgehead atoms. The predicted octanol–water partition coefficient (Wildman–Crippen LogP) is 0.153. The molecule has 0 aromatic heterocycles. The van der Waals surface area contributed by atoms with E-state index in [0.29, 0.717) is 0 Å². The zero-order valence-electron chi connectivity index (χ0n) is 7.52.